The summed E-state index contributed by atoms with van der Waals surface area (Å²) in [5.74, 6) is 0.785. The number of hydrogen-bond acceptors (Lipinski definition) is 2. The molecule has 1 aromatic carbocycles. The second-order valence-electron chi connectivity index (χ2n) is 6.81. The normalized spacial score (nSPS) is 18.4. The molecule has 0 unspecified atom stereocenters. The van der Waals surface area contributed by atoms with Crippen molar-refractivity contribution < 1.29 is 9.16 Å². The molecule has 0 aromatic heterocycles. The highest BCUT2D eigenvalue weighted by atomic mass is 28.4. The molecule has 0 spiro atoms. The van der Waals surface area contributed by atoms with Gasteiger partial charge in [-0.15, -0.1) is 0 Å². The van der Waals surface area contributed by atoms with Gasteiger partial charge < -0.3 is 9.16 Å². The molecule has 0 radical (unpaired) electrons. The van der Waals surface area contributed by atoms with Crippen molar-refractivity contribution in [1.29, 1.82) is 0 Å². The van der Waals surface area contributed by atoms with Crippen LogP contribution in [0.1, 0.15) is 25.8 Å². The van der Waals surface area contributed by atoms with Gasteiger partial charge in [0.2, 0.25) is 8.32 Å². The maximum Gasteiger partial charge on any atom is 0.265 e. The van der Waals surface area contributed by atoms with Crippen molar-refractivity contribution in [3.05, 3.63) is 47.4 Å². The summed E-state index contributed by atoms with van der Waals surface area (Å²) in [7, 11) is -1.63. The molecule has 2 nitrogen and oxygen atoms in total. The van der Waals surface area contributed by atoms with Gasteiger partial charge in [0.15, 0.2) is 0 Å². The first-order chi connectivity index (χ1) is 8.75. The van der Waals surface area contributed by atoms with Gasteiger partial charge in [0.05, 0.1) is 0 Å². The summed E-state index contributed by atoms with van der Waals surface area (Å²) < 4.78 is 12.1. The Hall–Kier alpha value is -1.22. The third-order valence-electron chi connectivity index (χ3n) is 2.96. The molecule has 0 N–H and O–H groups in total. The summed E-state index contributed by atoms with van der Waals surface area (Å²) in [5, 5.41) is 0. The Morgan fingerprint density at radius 1 is 1.16 bits per heavy atom. The van der Waals surface area contributed by atoms with Gasteiger partial charge in [0.25, 0.3) is 5.95 Å². The molecule has 2 rings (SSSR count). The second-order valence-corrected chi connectivity index (χ2v) is 11.2. The Morgan fingerprint density at radius 2 is 1.79 bits per heavy atom. The van der Waals surface area contributed by atoms with E-state index in [0.717, 1.165) is 18.8 Å². The maximum absolute atomic E-state index is 6.12. The fraction of sp³-hybridized carbons (Fsp3) is 0.500. The first kappa shape index (κ1) is 14.2. The highest BCUT2D eigenvalue weighted by molar-refractivity contribution is 6.70. The monoisotopic (exact) mass is 276 g/mol. The summed E-state index contributed by atoms with van der Waals surface area (Å²) >= 11 is 0. The highest BCUT2D eigenvalue weighted by Gasteiger charge is 2.35. The zero-order chi connectivity index (χ0) is 14.1. The number of hydrogen-bond donors (Lipinski definition) is 0. The Balaban J connectivity index is 2.20. The van der Waals surface area contributed by atoms with Crippen molar-refractivity contribution in [2.45, 2.75) is 51.9 Å². The summed E-state index contributed by atoms with van der Waals surface area (Å²) in [6.45, 7) is 10.8. The average Bonchev–Trinajstić information content (AvgIpc) is 2.52. The van der Waals surface area contributed by atoms with Crippen LogP contribution >= 0.6 is 0 Å². The van der Waals surface area contributed by atoms with Crippen molar-refractivity contribution in [3.8, 4) is 0 Å². The Labute approximate surface area is 117 Å². The molecule has 1 heterocycles. The fourth-order valence-electron chi connectivity index (χ4n) is 2.29. The van der Waals surface area contributed by atoms with E-state index < -0.39 is 8.32 Å². The van der Waals surface area contributed by atoms with Crippen LogP contribution in [-0.4, -0.2) is 13.9 Å². The van der Waals surface area contributed by atoms with Gasteiger partial charge in [0.1, 0.15) is 5.60 Å². The van der Waals surface area contributed by atoms with Crippen molar-refractivity contribution in [2.24, 2.45) is 0 Å². The number of benzene rings is 1. The van der Waals surface area contributed by atoms with E-state index in [1.807, 2.05) is 6.07 Å². The lowest BCUT2D eigenvalue weighted by Gasteiger charge is -2.24. The predicted molar refractivity (Wildman–Crippen MR) is 81.4 cm³/mol. The lowest BCUT2D eigenvalue weighted by Crippen LogP contribution is -2.27. The molecule has 0 fully saturated rings. The standard InChI is InChI=1S/C16H24O2Si/c1-16(2)12-14(11-13-9-7-6-8-10-13)15(17-16)18-19(3,4)5/h6-10H,11-12H2,1-5H3. The molecule has 3 heteroatoms. The van der Waals surface area contributed by atoms with Crippen LogP contribution in [0.2, 0.25) is 19.6 Å². The van der Waals surface area contributed by atoms with Crippen LogP contribution in [0.4, 0.5) is 0 Å². The molecular weight excluding hydrogens is 252 g/mol. The molecule has 1 aromatic rings. The SMILES string of the molecule is CC1(C)CC(Cc2ccccc2)=C(O[Si](C)(C)C)O1. The summed E-state index contributed by atoms with van der Waals surface area (Å²) in [5.41, 5.74) is 2.47. The highest BCUT2D eigenvalue weighted by Crippen LogP contribution is 2.36. The quantitative estimate of drug-likeness (QED) is 0.754. The average molecular weight is 276 g/mol. The topological polar surface area (TPSA) is 18.5 Å². The van der Waals surface area contributed by atoms with Crippen LogP contribution in [0.5, 0.6) is 0 Å². The minimum Gasteiger partial charge on any atom is -0.520 e. The van der Waals surface area contributed by atoms with E-state index >= 15 is 0 Å². The van der Waals surface area contributed by atoms with E-state index in [1.54, 1.807) is 0 Å². The van der Waals surface area contributed by atoms with Gasteiger partial charge in [-0.05, 0) is 39.1 Å². The van der Waals surface area contributed by atoms with Gasteiger partial charge in [-0.3, -0.25) is 0 Å². The van der Waals surface area contributed by atoms with Crippen molar-refractivity contribution in [3.63, 3.8) is 0 Å². The van der Waals surface area contributed by atoms with Gasteiger partial charge in [-0.1, -0.05) is 30.3 Å². The minimum absolute atomic E-state index is 0.140. The van der Waals surface area contributed by atoms with Crippen LogP contribution in [-0.2, 0) is 15.6 Å². The third kappa shape index (κ3) is 4.13. The van der Waals surface area contributed by atoms with E-state index in [-0.39, 0.29) is 5.60 Å². The van der Waals surface area contributed by atoms with Gasteiger partial charge >= 0.3 is 0 Å². The van der Waals surface area contributed by atoms with Crippen LogP contribution < -0.4 is 0 Å². The Morgan fingerprint density at radius 3 is 2.37 bits per heavy atom. The van der Waals surface area contributed by atoms with Gasteiger partial charge in [-0.2, -0.15) is 0 Å². The molecule has 1 aliphatic heterocycles. The molecule has 1 aliphatic rings. The number of rotatable bonds is 4. The smallest absolute Gasteiger partial charge is 0.265 e. The second kappa shape index (κ2) is 5.04. The van der Waals surface area contributed by atoms with Crippen LogP contribution in [0.25, 0.3) is 0 Å². The summed E-state index contributed by atoms with van der Waals surface area (Å²) in [6.07, 6.45) is 1.87. The molecule has 0 saturated heterocycles. The van der Waals surface area contributed by atoms with Crippen molar-refractivity contribution in [2.75, 3.05) is 0 Å². The van der Waals surface area contributed by atoms with E-state index in [1.165, 1.54) is 11.1 Å². The van der Waals surface area contributed by atoms with Crippen molar-refractivity contribution >= 4 is 8.32 Å². The maximum atomic E-state index is 6.12. The Kier molecular flexibility index (Phi) is 3.77. The lowest BCUT2D eigenvalue weighted by atomic mass is 9.97. The van der Waals surface area contributed by atoms with Crippen molar-refractivity contribution in [1.82, 2.24) is 0 Å². The lowest BCUT2D eigenvalue weighted by molar-refractivity contribution is 0.00567. The zero-order valence-corrected chi connectivity index (χ0v) is 13.6. The predicted octanol–water partition coefficient (Wildman–Crippen LogP) is 4.49. The van der Waals surface area contributed by atoms with E-state index in [9.17, 15) is 0 Å². The molecule has 0 aliphatic carbocycles. The molecule has 19 heavy (non-hydrogen) atoms. The third-order valence-corrected chi connectivity index (χ3v) is 3.75. The fourth-order valence-corrected chi connectivity index (χ4v) is 3.04. The van der Waals surface area contributed by atoms with E-state index in [2.05, 4.69) is 57.8 Å². The molecule has 0 atom stereocenters. The first-order valence-corrected chi connectivity index (χ1v) is 10.3. The molecule has 104 valence electrons. The summed E-state index contributed by atoms with van der Waals surface area (Å²) in [4.78, 5) is 0. The van der Waals surface area contributed by atoms with Crippen LogP contribution in [0, 0.1) is 0 Å². The molecule has 0 saturated carbocycles. The van der Waals surface area contributed by atoms with E-state index in [0.29, 0.717) is 0 Å². The molecular formula is C16H24O2Si. The first-order valence-electron chi connectivity index (χ1n) is 6.89. The Bertz CT molecular complexity index is 469. The molecule has 0 bridgehead atoms. The van der Waals surface area contributed by atoms with Gasteiger partial charge in [0, 0.05) is 18.4 Å². The van der Waals surface area contributed by atoms with Gasteiger partial charge in [-0.25, -0.2) is 0 Å². The minimum atomic E-state index is -1.63. The molecule has 0 amide bonds. The largest absolute Gasteiger partial charge is 0.520 e. The van der Waals surface area contributed by atoms with Crippen LogP contribution in [0.15, 0.2) is 41.9 Å². The zero-order valence-electron chi connectivity index (χ0n) is 12.6. The summed E-state index contributed by atoms with van der Waals surface area (Å²) in [6, 6.07) is 10.5. The van der Waals surface area contributed by atoms with Crippen LogP contribution in [0.3, 0.4) is 0 Å². The van der Waals surface area contributed by atoms with E-state index in [4.69, 9.17) is 9.16 Å². The number of ether oxygens (including phenoxy) is 1.